The maximum atomic E-state index is 13.0. The van der Waals surface area contributed by atoms with Crippen LogP contribution in [0.3, 0.4) is 0 Å². The molecule has 0 aliphatic carbocycles. The summed E-state index contributed by atoms with van der Waals surface area (Å²) in [5, 5.41) is 6.27. The number of carbonyl (C=O) groups excluding carboxylic acids is 1. The monoisotopic (exact) mass is 491 g/mol. The van der Waals surface area contributed by atoms with Crippen molar-refractivity contribution in [1.29, 1.82) is 0 Å². The van der Waals surface area contributed by atoms with Gasteiger partial charge in [0.1, 0.15) is 11.4 Å². The molecular formula is C24H31Cl2N5O2. The maximum Gasteiger partial charge on any atom is 0.263 e. The Bertz CT molecular complexity index is 1090. The van der Waals surface area contributed by atoms with Crippen LogP contribution < -0.4 is 16.2 Å². The van der Waals surface area contributed by atoms with Gasteiger partial charge in [-0.15, -0.1) is 24.8 Å². The van der Waals surface area contributed by atoms with Crippen molar-refractivity contribution in [3.63, 3.8) is 0 Å². The average Bonchev–Trinajstić information content (AvgIpc) is 3.23. The van der Waals surface area contributed by atoms with Gasteiger partial charge in [-0.25, -0.2) is 4.98 Å². The minimum Gasteiger partial charge on any atom is -0.345 e. The molecule has 1 unspecified atom stereocenters. The van der Waals surface area contributed by atoms with Crippen molar-refractivity contribution in [1.82, 2.24) is 24.8 Å². The summed E-state index contributed by atoms with van der Waals surface area (Å²) in [6, 6.07) is 11.9. The molecule has 0 radical (unpaired) electrons. The lowest BCUT2D eigenvalue weighted by Gasteiger charge is -2.23. The van der Waals surface area contributed by atoms with Crippen molar-refractivity contribution >= 4 is 30.7 Å². The van der Waals surface area contributed by atoms with E-state index >= 15 is 0 Å². The number of rotatable bonds is 7. The first-order valence-electron chi connectivity index (χ1n) is 10.8. The van der Waals surface area contributed by atoms with Gasteiger partial charge in [-0.05, 0) is 56.0 Å². The van der Waals surface area contributed by atoms with Gasteiger partial charge in [0.2, 0.25) is 0 Å². The van der Waals surface area contributed by atoms with Crippen LogP contribution in [-0.4, -0.2) is 33.1 Å². The topological polar surface area (TPSA) is 81.0 Å². The minimum atomic E-state index is -0.354. The lowest BCUT2D eigenvalue weighted by molar-refractivity contribution is 0.0946. The molecule has 2 N–H and O–H groups in total. The van der Waals surface area contributed by atoms with Crippen LogP contribution in [0.1, 0.15) is 40.2 Å². The number of hydrogen-bond donors (Lipinski definition) is 2. The first-order valence-corrected chi connectivity index (χ1v) is 10.8. The second kappa shape index (κ2) is 12.6. The molecule has 7 nitrogen and oxygen atoms in total. The lowest BCUT2D eigenvalue weighted by atomic mass is 9.99. The van der Waals surface area contributed by atoms with Crippen molar-refractivity contribution in [3.8, 4) is 0 Å². The molecule has 1 aliphatic rings. The van der Waals surface area contributed by atoms with Crippen LogP contribution >= 0.6 is 24.8 Å². The van der Waals surface area contributed by atoms with E-state index in [-0.39, 0.29) is 48.4 Å². The third-order valence-electron chi connectivity index (χ3n) is 5.86. The Kier molecular flexibility index (Phi) is 10.2. The number of carbonyl (C=O) groups is 1. The van der Waals surface area contributed by atoms with Gasteiger partial charge < -0.3 is 19.8 Å². The fraction of sp³-hybridized carbons (Fsp3) is 0.375. The van der Waals surface area contributed by atoms with Crippen LogP contribution in [0.25, 0.3) is 0 Å². The standard InChI is InChI=1S/C24H29N5O2.2ClH/c1-18-9-12-29(17-20-8-5-10-25-14-20)24(31)22(18)23(30)27-15-21-26-11-13-28(21)16-19-6-3-2-4-7-19;;/h2-4,6-7,9,11-13,20,25H,5,8,10,14-17H2,1H3,(H,27,30);2*1H. The first kappa shape index (κ1) is 26.6. The minimum absolute atomic E-state index is 0. The molecule has 1 aliphatic heterocycles. The van der Waals surface area contributed by atoms with Crippen LogP contribution in [0.5, 0.6) is 0 Å². The SMILES string of the molecule is Cc1ccn(CC2CCCNC2)c(=O)c1C(=O)NCc1nccn1Cc1ccccc1.Cl.Cl. The third-order valence-corrected chi connectivity index (χ3v) is 5.86. The summed E-state index contributed by atoms with van der Waals surface area (Å²) in [7, 11) is 0. The highest BCUT2D eigenvalue weighted by Crippen LogP contribution is 2.13. The van der Waals surface area contributed by atoms with Crippen molar-refractivity contribution in [2.24, 2.45) is 5.92 Å². The number of nitrogens with one attached hydrogen (secondary N) is 2. The summed E-state index contributed by atoms with van der Waals surface area (Å²) in [6.07, 6.45) is 7.64. The number of aromatic nitrogens is 3. The molecule has 0 bridgehead atoms. The first-order chi connectivity index (χ1) is 15.1. The highest BCUT2D eigenvalue weighted by Gasteiger charge is 2.19. The van der Waals surface area contributed by atoms with Crippen LogP contribution in [0.2, 0.25) is 0 Å². The number of hydrogen-bond acceptors (Lipinski definition) is 4. The summed E-state index contributed by atoms with van der Waals surface area (Å²) < 4.78 is 3.68. The summed E-state index contributed by atoms with van der Waals surface area (Å²) in [6.45, 7) is 5.32. The molecular weight excluding hydrogens is 461 g/mol. The zero-order valence-corrected chi connectivity index (χ0v) is 20.3. The smallest absolute Gasteiger partial charge is 0.263 e. The quantitative estimate of drug-likeness (QED) is 0.531. The summed E-state index contributed by atoms with van der Waals surface area (Å²) in [5.41, 5.74) is 1.84. The largest absolute Gasteiger partial charge is 0.345 e. The summed E-state index contributed by atoms with van der Waals surface area (Å²) in [4.78, 5) is 30.3. The molecule has 3 heterocycles. The Balaban J connectivity index is 0.00000193. The zero-order valence-electron chi connectivity index (χ0n) is 18.7. The lowest BCUT2D eigenvalue weighted by Crippen LogP contribution is -2.38. The Hall–Kier alpha value is -2.61. The number of piperidine rings is 1. The highest BCUT2D eigenvalue weighted by molar-refractivity contribution is 5.95. The molecule has 1 fully saturated rings. The normalized spacial score (nSPS) is 15.2. The van der Waals surface area contributed by atoms with Gasteiger partial charge in [0.05, 0.1) is 6.54 Å². The molecule has 0 spiro atoms. The van der Waals surface area contributed by atoms with E-state index in [0.29, 0.717) is 24.6 Å². The number of aryl methyl sites for hydroxylation is 1. The third kappa shape index (κ3) is 6.69. The van der Waals surface area contributed by atoms with Gasteiger partial charge in [-0.2, -0.15) is 0 Å². The molecule has 178 valence electrons. The molecule has 1 amide bonds. The van der Waals surface area contributed by atoms with Crippen molar-refractivity contribution in [3.05, 3.63) is 87.9 Å². The molecule has 1 aromatic carbocycles. The van der Waals surface area contributed by atoms with Crippen LogP contribution in [0.15, 0.2) is 59.8 Å². The second-order valence-electron chi connectivity index (χ2n) is 8.18. The van der Waals surface area contributed by atoms with Gasteiger partial charge in [0, 0.05) is 31.7 Å². The Morgan fingerprint density at radius 3 is 2.67 bits per heavy atom. The Morgan fingerprint density at radius 1 is 1.15 bits per heavy atom. The van der Waals surface area contributed by atoms with E-state index in [0.717, 1.165) is 37.3 Å². The van der Waals surface area contributed by atoms with Crippen molar-refractivity contribution in [2.75, 3.05) is 13.1 Å². The number of halogens is 2. The number of nitrogens with zero attached hydrogens (tertiary/aromatic N) is 3. The average molecular weight is 492 g/mol. The Labute approximate surface area is 206 Å². The van der Waals surface area contributed by atoms with Crippen LogP contribution in [0, 0.1) is 12.8 Å². The zero-order chi connectivity index (χ0) is 21.6. The molecule has 9 heteroatoms. The van der Waals surface area contributed by atoms with E-state index in [9.17, 15) is 9.59 Å². The highest BCUT2D eigenvalue weighted by atomic mass is 35.5. The van der Waals surface area contributed by atoms with Gasteiger partial charge >= 0.3 is 0 Å². The van der Waals surface area contributed by atoms with E-state index in [1.54, 1.807) is 23.9 Å². The van der Waals surface area contributed by atoms with Gasteiger partial charge in [-0.1, -0.05) is 30.3 Å². The second-order valence-corrected chi connectivity index (χ2v) is 8.18. The van der Waals surface area contributed by atoms with E-state index in [4.69, 9.17) is 0 Å². The fourth-order valence-corrected chi connectivity index (χ4v) is 4.12. The van der Waals surface area contributed by atoms with E-state index in [1.807, 2.05) is 35.0 Å². The molecule has 0 saturated carbocycles. The van der Waals surface area contributed by atoms with Crippen LogP contribution in [-0.2, 0) is 19.6 Å². The van der Waals surface area contributed by atoms with Crippen molar-refractivity contribution < 1.29 is 4.79 Å². The van der Waals surface area contributed by atoms with E-state index < -0.39 is 0 Å². The number of imidazole rings is 1. The van der Waals surface area contributed by atoms with Crippen molar-refractivity contribution in [2.45, 2.75) is 39.4 Å². The fourth-order valence-electron chi connectivity index (χ4n) is 4.12. The van der Waals surface area contributed by atoms with Gasteiger partial charge in [0.15, 0.2) is 0 Å². The predicted octanol–water partition coefficient (Wildman–Crippen LogP) is 3.17. The molecule has 3 aromatic rings. The number of benzene rings is 1. The number of amides is 1. The molecule has 1 atom stereocenters. The van der Waals surface area contributed by atoms with Crippen LogP contribution in [0.4, 0.5) is 0 Å². The Morgan fingerprint density at radius 2 is 1.94 bits per heavy atom. The summed E-state index contributed by atoms with van der Waals surface area (Å²) in [5.74, 6) is 0.808. The molecule has 4 rings (SSSR count). The van der Waals surface area contributed by atoms with Gasteiger partial charge in [0.25, 0.3) is 11.5 Å². The molecule has 1 saturated heterocycles. The molecule has 33 heavy (non-hydrogen) atoms. The summed E-state index contributed by atoms with van der Waals surface area (Å²) >= 11 is 0. The number of pyridine rings is 1. The van der Waals surface area contributed by atoms with Gasteiger partial charge in [-0.3, -0.25) is 9.59 Å². The molecule has 2 aromatic heterocycles. The van der Waals surface area contributed by atoms with E-state index in [2.05, 4.69) is 27.8 Å². The maximum absolute atomic E-state index is 13.0. The predicted molar refractivity (Wildman–Crippen MR) is 134 cm³/mol. The van der Waals surface area contributed by atoms with E-state index in [1.165, 1.54) is 0 Å².